The zero-order valence-electron chi connectivity index (χ0n) is 52.2. The van der Waals surface area contributed by atoms with Gasteiger partial charge in [-0.2, -0.15) is 0 Å². The number of rotatable bonds is 23. The second kappa shape index (κ2) is 35.2. The first-order chi connectivity index (χ1) is 42.1. The van der Waals surface area contributed by atoms with Crippen molar-refractivity contribution in [3.05, 3.63) is 12.2 Å². The molecule has 33 heteroatoms. The van der Waals surface area contributed by atoms with Crippen LogP contribution in [0, 0.1) is 35.5 Å². The number of carboxylic acid groups (broad SMARTS) is 4. The van der Waals surface area contributed by atoms with Gasteiger partial charge in [-0.3, -0.25) is 67.1 Å². The number of amides is 11. The lowest BCUT2D eigenvalue weighted by Crippen LogP contribution is -2.66. The van der Waals surface area contributed by atoms with Gasteiger partial charge in [0.05, 0.1) is 30.8 Å². The predicted octanol–water partition coefficient (Wildman–Crippen LogP) is -4.31. The molecule has 17 atom stereocenters. The Bertz CT molecular complexity index is 2690. The number of aliphatic hydroxyl groups is 1. The lowest BCUT2D eigenvalue weighted by Gasteiger charge is -2.34. The van der Waals surface area contributed by atoms with Crippen LogP contribution < -0.4 is 58.9 Å². The highest BCUT2D eigenvalue weighted by Gasteiger charge is 2.48. The molecule has 0 aromatic carbocycles. The highest BCUT2D eigenvalue weighted by atomic mass is 16.6. The normalized spacial score (nSPS) is 28.1. The number of aliphatic carboxylic acids is 4. The Morgan fingerprint density at radius 3 is 1.84 bits per heavy atom. The van der Waals surface area contributed by atoms with E-state index in [0.29, 0.717) is 12.3 Å². The van der Waals surface area contributed by atoms with E-state index in [-0.39, 0.29) is 38.8 Å². The van der Waals surface area contributed by atoms with Crippen LogP contribution in [0.25, 0.3) is 0 Å². The van der Waals surface area contributed by atoms with Crippen LogP contribution in [0.1, 0.15) is 121 Å². The third-order valence-electron chi connectivity index (χ3n) is 15.8. The van der Waals surface area contributed by atoms with E-state index >= 15 is 0 Å². The van der Waals surface area contributed by atoms with E-state index in [1.165, 1.54) is 34.6 Å². The number of carboxylic acids is 4. The summed E-state index contributed by atoms with van der Waals surface area (Å²) in [7, 11) is 0. The van der Waals surface area contributed by atoms with Crippen LogP contribution in [-0.2, 0) is 76.7 Å². The second-order valence-corrected chi connectivity index (χ2v) is 23.9. The first kappa shape index (κ1) is 75.9. The highest BCUT2D eigenvalue weighted by molar-refractivity contribution is 6.02. The molecule has 0 saturated carbocycles. The van der Waals surface area contributed by atoms with Gasteiger partial charge >= 0.3 is 23.9 Å². The van der Waals surface area contributed by atoms with Crippen LogP contribution in [0.15, 0.2) is 12.2 Å². The summed E-state index contributed by atoms with van der Waals surface area (Å²) in [5.41, 5.74) is 5.70. The van der Waals surface area contributed by atoms with Crippen LogP contribution in [0.2, 0.25) is 0 Å². The second-order valence-electron chi connectivity index (χ2n) is 23.9. The van der Waals surface area contributed by atoms with E-state index in [4.69, 9.17) is 10.5 Å². The number of unbranched alkanes of at least 4 members (excludes halogenated alkanes) is 1. The van der Waals surface area contributed by atoms with Crippen LogP contribution in [-0.4, -0.2) is 218 Å². The minimum Gasteiger partial charge on any atom is -0.481 e. The lowest BCUT2D eigenvalue weighted by molar-refractivity contribution is -0.153. The standard InChI is InChI=1S/C57H90N12O21/c1-11-26(6)16-12-13-18-34-44(90-34)53(82)66-40(29(9)56(86)87)50(79)67-41-30(10)60-47(76)33-20-27(7)23-69(33)54(83)38(25(4)5)65-49(78)39(28(8)55(84)85)63-35(70)22-59-45(74)32(21-36(71)72)62-52(81)42(43(73)57(88)89)68-46(75)31(17-14-15-19-58)61-48(77)37(24(2)3)64-51(41)80/h13,18,24-34,37-44,73H,11-12,14-17,19-23,58H2,1-10H3,(H,59,74)(H,60,76)(H,61,77)(H,62,81)(H,63,70)(H,64,80)(H,65,78)(H,66,82)(H,67,79)(H,68,75)(H,71,72)(H,84,85)(H,86,87)(H,88,89)/b18-13-/t26?,27-,28?,29?,30?,31+,32+,33+,34?,37-,38+,39-,40+,41+,42+,43?,44?/m1/s1. The summed E-state index contributed by atoms with van der Waals surface area (Å²) in [6.07, 6.45) is -0.0562. The Kier molecular flexibility index (Phi) is 29.7. The van der Waals surface area contributed by atoms with Crippen molar-refractivity contribution in [3.63, 3.8) is 0 Å². The number of carbonyl (C=O) groups excluding carboxylic acids is 11. The molecule has 3 heterocycles. The molecule has 3 saturated heterocycles. The van der Waals surface area contributed by atoms with Gasteiger partial charge in [0.15, 0.2) is 12.2 Å². The summed E-state index contributed by atoms with van der Waals surface area (Å²) in [6, 6.07) is -18.7. The Morgan fingerprint density at radius 2 is 1.28 bits per heavy atom. The molecule has 3 rings (SSSR count). The van der Waals surface area contributed by atoms with Gasteiger partial charge in [-0.15, -0.1) is 0 Å². The number of ether oxygens (including phenoxy) is 1. The van der Waals surface area contributed by atoms with Gasteiger partial charge in [-0.1, -0.05) is 67.0 Å². The Labute approximate surface area is 520 Å². The summed E-state index contributed by atoms with van der Waals surface area (Å²) in [6.45, 7) is 13.9. The minimum atomic E-state index is -2.84. The van der Waals surface area contributed by atoms with Gasteiger partial charge in [-0.05, 0) is 89.5 Å². The molecule has 0 radical (unpaired) electrons. The number of carbonyl (C=O) groups is 15. The molecule has 33 nitrogen and oxygen atoms in total. The average molecular weight is 1280 g/mol. The fourth-order valence-corrected chi connectivity index (χ4v) is 9.84. The summed E-state index contributed by atoms with van der Waals surface area (Å²) < 4.78 is 5.52. The van der Waals surface area contributed by atoms with E-state index < -0.39 is 210 Å². The number of nitrogens with zero attached hydrogens (tertiary/aromatic N) is 1. The van der Waals surface area contributed by atoms with Crippen LogP contribution in [0.4, 0.5) is 0 Å². The molecule has 0 aliphatic carbocycles. The number of nitrogens with two attached hydrogens (primary N) is 1. The molecule has 0 spiro atoms. The van der Waals surface area contributed by atoms with E-state index in [9.17, 15) is 97.5 Å². The van der Waals surface area contributed by atoms with Gasteiger partial charge in [-0.25, -0.2) is 4.79 Å². The smallest absolute Gasteiger partial charge is 0.335 e. The Hall–Kier alpha value is -8.33. The van der Waals surface area contributed by atoms with Crippen LogP contribution >= 0.6 is 0 Å². The van der Waals surface area contributed by atoms with E-state index in [0.717, 1.165) is 31.6 Å². The number of hydrogen-bond donors (Lipinski definition) is 16. The zero-order chi connectivity index (χ0) is 68.2. The zero-order valence-corrected chi connectivity index (χ0v) is 52.2. The van der Waals surface area contributed by atoms with Crippen LogP contribution in [0.3, 0.4) is 0 Å². The molecule has 17 N–H and O–H groups in total. The molecule has 3 fully saturated rings. The van der Waals surface area contributed by atoms with Crippen LogP contribution in [0.5, 0.6) is 0 Å². The van der Waals surface area contributed by atoms with Crippen molar-refractivity contribution in [2.75, 3.05) is 19.6 Å². The molecule has 0 bridgehead atoms. The predicted molar refractivity (Wildman–Crippen MR) is 314 cm³/mol. The summed E-state index contributed by atoms with van der Waals surface area (Å²) in [4.78, 5) is 206. The molecule has 11 amide bonds. The minimum absolute atomic E-state index is 0.0309. The van der Waals surface area contributed by atoms with Crippen molar-refractivity contribution in [2.24, 2.45) is 41.2 Å². The number of aliphatic hydroxyl groups excluding tert-OH is 1. The van der Waals surface area contributed by atoms with Crippen molar-refractivity contribution in [1.82, 2.24) is 58.1 Å². The number of allylic oxidation sites excluding steroid dienone is 1. The first-order valence-corrected chi connectivity index (χ1v) is 30.0. The largest absolute Gasteiger partial charge is 0.481 e. The van der Waals surface area contributed by atoms with Crippen molar-refractivity contribution in [1.29, 1.82) is 0 Å². The van der Waals surface area contributed by atoms with Crippen molar-refractivity contribution < 1.29 is 102 Å². The van der Waals surface area contributed by atoms with Crippen molar-refractivity contribution >= 4 is 88.9 Å². The van der Waals surface area contributed by atoms with Gasteiger partial charge < -0.3 is 94.1 Å². The van der Waals surface area contributed by atoms with E-state index in [2.05, 4.69) is 44.1 Å². The molecule has 504 valence electrons. The Balaban J connectivity index is 2.27. The van der Waals surface area contributed by atoms with E-state index in [1.807, 2.05) is 29.0 Å². The molecule has 0 aromatic rings. The lowest BCUT2D eigenvalue weighted by atomic mass is 9.97. The molecule has 90 heavy (non-hydrogen) atoms. The Morgan fingerprint density at radius 1 is 0.689 bits per heavy atom. The maximum absolute atomic E-state index is 14.9. The molecule has 7 unspecified atom stereocenters. The molecular weight excluding hydrogens is 1190 g/mol. The third-order valence-corrected chi connectivity index (χ3v) is 15.8. The summed E-state index contributed by atoms with van der Waals surface area (Å²) in [5, 5.41) is 73.4. The summed E-state index contributed by atoms with van der Waals surface area (Å²) in [5.74, 6) is -25.6. The van der Waals surface area contributed by atoms with Gasteiger partial charge in [0, 0.05) is 6.54 Å². The number of fused-ring (bicyclic) bond motifs is 1. The third kappa shape index (κ3) is 22.3. The molecule has 3 aliphatic rings. The highest BCUT2D eigenvalue weighted by Crippen LogP contribution is 2.27. The number of hydrogen-bond acceptors (Lipinski definition) is 18. The number of nitrogens with one attached hydrogen (secondary N) is 10. The monoisotopic (exact) mass is 1280 g/mol. The quantitative estimate of drug-likeness (QED) is 0.0261. The van der Waals surface area contributed by atoms with Crippen molar-refractivity contribution in [3.8, 4) is 0 Å². The topological polar surface area (TPSA) is 519 Å². The fourth-order valence-electron chi connectivity index (χ4n) is 9.84. The van der Waals surface area contributed by atoms with Gasteiger partial charge in [0.25, 0.3) is 5.91 Å². The maximum Gasteiger partial charge on any atom is 0.335 e. The van der Waals surface area contributed by atoms with Gasteiger partial charge in [0.1, 0.15) is 60.5 Å². The first-order valence-electron chi connectivity index (χ1n) is 30.0. The van der Waals surface area contributed by atoms with Gasteiger partial charge in [0.2, 0.25) is 59.1 Å². The summed E-state index contributed by atoms with van der Waals surface area (Å²) >= 11 is 0. The van der Waals surface area contributed by atoms with Crippen molar-refractivity contribution in [2.45, 2.75) is 199 Å². The molecular formula is C57H90N12O21. The maximum atomic E-state index is 14.9. The molecule has 0 aromatic heterocycles. The average Bonchev–Trinajstić information content (AvgIpc) is 1.73. The fraction of sp³-hybridized carbons (Fsp3) is 0.702. The molecule has 3 aliphatic heterocycles. The number of epoxide rings is 1. The van der Waals surface area contributed by atoms with E-state index in [1.54, 1.807) is 13.0 Å². The SMILES string of the molecule is CCC(C)CC/C=C\C1OC1C(=O)N[C@H](C(=O)N[C@@H]1C(=O)N[C@H](C(C)C)C(=O)N[C@@H](CCCCN)C(=O)N[C@@H](C(O)C(=O)O)C(=O)N[C@@H](CC(=O)O)C(=O)NCC(=O)N[C@H](C(C)C(=O)O)C(=O)N[C@@H](C(C)C)C(=O)N2C[C@H](C)C[C@H]2C(=O)NC1C)C(C)C(=O)O.